The standard InChI is InChI=1S/C25H21N5OS.C19H19N5OS.C18H25N5O3S.C18H17N5OS.C16H17N5OS/c1-14-15(2)29-30-25-20(14)21(26)23(32-25)24(31)28-13-16-8-10-17(11-9-16)19-7-3-5-18-6-4-12-27-22(18)19;1-10-11(2)22-23-19-15(10)16(20)17(26-19)18(25)21-9-12-4-5-14-13(8-12)6-7-24(14)3;1-9-10(2)21-22-16-12(9)13(19)14(27-16)15(24)20-6-11-7-23(8-11)17(25)26-18(3,4)5;1-9-6-12(4-5-13(9)7-19)8-21-17(24)16-15(20)14-10(2)11(3)22-23-18(14)25-16;1-8-6-11(4-5-18-8)7-19-15(22)14-13(17)12-9(2)10(3)20-21-16(12)23-14/h3-12H,13,26H2,1-2H3,(H,28,31);4-8H,9,20H2,1-3H3,(H,21,25);11H,6-8,19H2,1-5H3,(H,20,24);4-6H,8,20H2,1-3H3,(H,21,24);4-6H,7,17H2,1-3H3,(H,19,22). The summed E-state index contributed by atoms with van der Waals surface area (Å²) in [7, 11) is 2.01. The van der Waals surface area contributed by atoms with Crippen LogP contribution in [0.4, 0.5) is 33.2 Å². The number of para-hydroxylation sites is 1. The highest BCUT2D eigenvalue weighted by atomic mass is 32.1. The SMILES string of the molecule is Cc1cc(CNC(=O)c2sc3nnc(C)c(C)c3c2N)ccc1C#N.Cc1cc(CNC(=O)c2sc3nnc(C)c(C)c3c2N)ccn1.Cc1nnc2sc(C(=O)NCC3CN(C(=O)OC(C)(C)C)C3)c(N)c2c1C.Cc1nnc2sc(C(=O)NCc3ccc(-c4cccc5cccnc45)cc3)c(N)c2c1C.Cc1nnc2sc(C(=O)NCc3ccc4c(ccn4C)c3)c(N)c2c1C. The van der Waals surface area contributed by atoms with Crippen LogP contribution in [0.25, 0.3) is 84.0 Å². The fraction of sp³-hybridized carbons (Fsp3) is 0.260. The number of likely N-dealkylation sites (tertiary alicyclic amines) is 1. The molecule has 4 aromatic carbocycles. The maximum atomic E-state index is 12.8. The van der Waals surface area contributed by atoms with Gasteiger partial charge in [-0.3, -0.25) is 33.9 Å². The predicted molar refractivity (Wildman–Crippen MR) is 530 cm³/mol. The number of pyridine rings is 2. The molecule has 37 heteroatoms. The van der Waals surface area contributed by atoms with Crippen LogP contribution in [0.3, 0.4) is 0 Å². The van der Waals surface area contributed by atoms with E-state index < -0.39 is 5.60 Å². The first-order chi connectivity index (χ1) is 63.4. The van der Waals surface area contributed by atoms with Crippen molar-refractivity contribution in [1.29, 1.82) is 5.26 Å². The number of anilines is 5. The number of fused-ring (bicyclic) bond motifs is 7. The van der Waals surface area contributed by atoms with Crippen LogP contribution in [0.1, 0.15) is 164 Å². The number of nitrogens with zero attached hydrogens (tertiary/aromatic N) is 15. The Balaban J connectivity index is 0.000000134. The molecule has 14 heterocycles. The van der Waals surface area contributed by atoms with E-state index in [4.69, 9.17) is 38.7 Å². The number of nitrogens with two attached hydrogens (primary N) is 5. The summed E-state index contributed by atoms with van der Waals surface area (Å²) in [6, 6.07) is 38.0. The molecule has 15 N–H and O–H groups in total. The minimum atomic E-state index is -0.505. The molecule has 0 bridgehead atoms. The highest BCUT2D eigenvalue weighted by Gasteiger charge is 2.35. The van der Waals surface area contributed by atoms with Crippen LogP contribution in [-0.2, 0) is 38.0 Å². The van der Waals surface area contributed by atoms with E-state index in [1.165, 1.54) is 62.2 Å². The Bertz CT molecular complexity index is 7480. The highest BCUT2D eigenvalue weighted by Crippen LogP contribution is 2.41. The Labute approximate surface area is 785 Å². The van der Waals surface area contributed by atoms with Crippen LogP contribution in [-0.4, -0.2) is 131 Å². The minimum absolute atomic E-state index is 0.185. The number of nitrogens with one attached hydrogen (secondary N) is 5. The number of hydrogen-bond acceptors (Lipinski definition) is 30. The summed E-state index contributed by atoms with van der Waals surface area (Å²) in [5.41, 5.74) is 52.5. The molecule has 18 rings (SSSR count). The van der Waals surface area contributed by atoms with Gasteiger partial charge >= 0.3 is 6.09 Å². The molecule has 1 aliphatic heterocycles. The van der Waals surface area contributed by atoms with E-state index in [0.29, 0.717) is 128 Å². The molecule has 0 aliphatic carbocycles. The molecule has 1 saturated heterocycles. The van der Waals surface area contributed by atoms with Crippen LogP contribution in [0, 0.1) is 100 Å². The van der Waals surface area contributed by atoms with E-state index in [1.807, 2.05) is 178 Å². The van der Waals surface area contributed by atoms with Gasteiger partial charge in [-0.05, 0) is 213 Å². The molecule has 680 valence electrons. The maximum absolute atomic E-state index is 12.8. The number of hydrogen-bond donors (Lipinski definition) is 10. The van der Waals surface area contributed by atoms with Gasteiger partial charge in [-0.15, -0.1) is 82.2 Å². The number of nitriles is 1. The van der Waals surface area contributed by atoms with Crippen molar-refractivity contribution in [1.82, 2.24) is 97.0 Å². The van der Waals surface area contributed by atoms with E-state index in [0.717, 1.165) is 144 Å². The molecule has 0 radical (unpaired) electrons. The Hall–Kier alpha value is -14.7. The summed E-state index contributed by atoms with van der Waals surface area (Å²) < 4.78 is 7.40. The Morgan fingerprint density at radius 2 is 0.820 bits per heavy atom. The van der Waals surface area contributed by atoms with Crippen molar-refractivity contribution >= 4 is 194 Å². The average molecular weight is 1880 g/mol. The van der Waals surface area contributed by atoms with E-state index in [-0.39, 0.29) is 41.5 Å². The summed E-state index contributed by atoms with van der Waals surface area (Å²) in [5, 5.41) is 71.2. The topological polar surface area (TPSA) is 489 Å². The summed E-state index contributed by atoms with van der Waals surface area (Å²) in [6.07, 6.45) is 5.25. The Kier molecular flexibility index (Phi) is 28.3. The molecule has 0 saturated carbocycles. The molecule has 13 aromatic heterocycles. The summed E-state index contributed by atoms with van der Waals surface area (Å²) in [4.78, 5) is 91.0. The number of aryl methyl sites for hydroxylation is 13. The van der Waals surface area contributed by atoms with Crippen molar-refractivity contribution in [3.05, 3.63) is 248 Å². The number of ether oxygens (including phenoxy) is 1. The van der Waals surface area contributed by atoms with Gasteiger partial charge in [0, 0.05) is 126 Å². The van der Waals surface area contributed by atoms with Crippen LogP contribution >= 0.6 is 56.7 Å². The number of amides is 6. The van der Waals surface area contributed by atoms with Crippen molar-refractivity contribution in [2.24, 2.45) is 13.0 Å². The Morgan fingerprint density at radius 1 is 0.436 bits per heavy atom. The number of benzene rings is 4. The number of aromatic nitrogens is 13. The van der Waals surface area contributed by atoms with E-state index in [9.17, 15) is 28.8 Å². The number of carbonyl (C=O) groups excluding carboxylic acids is 6. The lowest BCUT2D eigenvalue weighted by molar-refractivity contribution is -0.000575. The zero-order valence-electron chi connectivity index (χ0n) is 76.1. The van der Waals surface area contributed by atoms with E-state index in [2.05, 4.69) is 147 Å². The zero-order chi connectivity index (χ0) is 95.3. The second kappa shape index (κ2) is 39.9. The van der Waals surface area contributed by atoms with E-state index >= 15 is 0 Å². The zero-order valence-corrected chi connectivity index (χ0v) is 80.2. The largest absolute Gasteiger partial charge is 0.444 e. The van der Waals surface area contributed by atoms with Gasteiger partial charge in [-0.1, -0.05) is 66.7 Å². The first kappa shape index (κ1) is 94.4. The summed E-state index contributed by atoms with van der Waals surface area (Å²) in [5.74, 6) is -0.832. The fourth-order valence-corrected chi connectivity index (χ4v) is 19.9. The van der Waals surface area contributed by atoms with Crippen LogP contribution in [0.5, 0.6) is 0 Å². The third-order valence-corrected chi connectivity index (χ3v) is 28.3. The third kappa shape index (κ3) is 20.7. The molecule has 133 heavy (non-hydrogen) atoms. The average Bonchev–Trinajstić information content (AvgIpc) is 1.66. The first-order valence-electron chi connectivity index (χ1n) is 42.3. The number of thiophene rings is 5. The highest BCUT2D eigenvalue weighted by molar-refractivity contribution is 7.23. The quantitative estimate of drug-likeness (QED) is 0.0429. The lowest BCUT2D eigenvalue weighted by Crippen LogP contribution is -2.54. The summed E-state index contributed by atoms with van der Waals surface area (Å²) in [6.45, 7) is 31.7. The molecule has 17 aromatic rings. The summed E-state index contributed by atoms with van der Waals surface area (Å²) >= 11 is 6.32. The van der Waals surface area contributed by atoms with Crippen molar-refractivity contribution in [3.8, 4) is 17.2 Å². The second-order valence-corrected chi connectivity index (χ2v) is 38.3. The number of rotatable bonds is 16. The van der Waals surface area contributed by atoms with Crippen LogP contribution in [0.15, 0.2) is 128 Å². The van der Waals surface area contributed by atoms with Crippen molar-refractivity contribution in [3.63, 3.8) is 0 Å². The molecule has 0 spiro atoms. The Morgan fingerprint density at radius 3 is 1.23 bits per heavy atom. The molecule has 1 fully saturated rings. The van der Waals surface area contributed by atoms with Gasteiger partial charge in [0.25, 0.3) is 29.5 Å². The lowest BCUT2D eigenvalue weighted by atomic mass is 10.0. The van der Waals surface area contributed by atoms with Crippen LogP contribution in [0.2, 0.25) is 0 Å². The second-order valence-electron chi connectivity index (χ2n) is 33.3. The van der Waals surface area contributed by atoms with Crippen molar-refractivity contribution in [2.75, 3.05) is 48.3 Å². The molecule has 1 aliphatic rings. The van der Waals surface area contributed by atoms with Gasteiger partial charge in [0.1, 0.15) is 54.1 Å². The predicted octanol–water partition coefficient (Wildman–Crippen LogP) is 16.4. The molecule has 0 unspecified atom stereocenters. The molecule has 0 atom stereocenters. The van der Waals surface area contributed by atoms with Gasteiger partial charge in [-0.2, -0.15) is 30.8 Å². The maximum Gasteiger partial charge on any atom is 0.410 e. The normalized spacial score (nSPS) is 11.8. The minimum Gasteiger partial charge on any atom is -0.444 e. The fourth-order valence-electron chi connectivity index (χ4n) is 14.8. The van der Waals surface area contributed by atoms with E-state index in [1.54, 1.807) is 17.2 Å². The van der Waals surface area contributed by atoms with Gasteiger partial charge in [-0.25, -0.2) is 4.79 Å². The third-order valence-electron chi connectivity index (χ3n) is 22.9. The van der Waals surface area contributed by atoms with Crippen LogP contribution < -0.4 is 55.3 Å². The van der Waals surface area contributed by atoms with Crippen molar-refractivity contribution in [2.45, 2.75) is 136 Å². The molecular weight excluding hydrogens is 1780 g/mol. The lowest BCUT2D eigenvalue weighted by Gasteiger charge is -2.39. The van der Waals surface area contributed by atoms with Crippen molar-refractivity contribution < 1.29 is 33.5 Å². The molecule has 32 nitrogen and oxygen atoms in total. The smallest absolute Gasteiger partial charge is 0.410 e. The van der Waals surface area contributed by atoms with Gasteiger partial charge < -0.3 is 69.5 Å². The van der Waals surface area contributed by atoms with Gasteiger partial charge in [0.2, 0.25) is 0 Å². The number of nitrogen functional groups attached to an aromatic ring is 5. The molecule has 6 amide bonds. The van der Waals surface area contributed by atoms with Gasteiger partial charge in [0.05, 0.1) is 74.1 Å². The first-order valence-corrected chi connectivity index (χ1v) is 46.4. The monoisotopic (exact) mass is 1870 g/mol. The number of carbonyl (C=O) groups is 6. The van der Waals surface area contributed by atoms with Gasteiger partial charge in [0.15, 0.2) is 0 Å². The molecular formula is C96H99N25O7S5.